The van der Waals surface area contributed by atoms with Crippen molar-refractivity contribution in [2.45, 2.75) is 50.7 Å². The normalized spacial score (nSPS) is 23.0. The highest BCUT2D eigenvalue weighted by Crippen LogP contribution is 2.36. The fourth-order valence-electron chi connectivity index (χ4n) is 3.73. The van der Waals surface area contributed by atoms with Gasteiger partial charge in [-0.3, -0.25) is 4.79 Å². The molecule has 2 nitrogen and oxygen atoms in total. The summed E-state index contributed by atoms with van der Waals surface area (Å²) in [4.78, 5) is 18.8. The third kappa shape index (κ3) is 4.50. The van der Waals surface area contributed by atoms with Gasteiger partial charge in [-0.1, -0.05) is 50.1 Å². The second-order valence-corrected chi connectivity index (χ2v) is 8.95. The Balaban J connectivity index is 1.73. The van der Waals surface area contributed by atoms with Crippen LogP contribution in [0.3, 0.4) is 0 Å². The van der Waals surface area contributed by atoms with Crippen molar-refractivity contribution >= 4 is 29.1 Å². The summed E-state index contributed by atoms with van der Waals surface area (Å²) in [6, 6.07) is 11.7. The number of carbonyl (C=O) groups is 1. The number of benzene rings is 1. The molecular formula is C22H26ClNOS. The molecule has 1 saturated carbocycles. The van der Waals surface area contributed by atoms with Crippen LogP contribution in [0.4, 0.5) is 0 Å². The van der Waals surface area contributed by atoms with Crippen molar-refractivity contribution in [3.63, 3.8) is 0 Å². The molecule has 2 aromatic rings. The lowest BCUT2D eigenvalue weighted by Gasteiger charge is -2.31. The van der Waals surface area contributed by atoms with Crippen molar-refractivity contribution in [2.75, 3.05) is 0 Å². The first-order valence-corrected chi connectivity index (χ1v) is 10.7. The summed E-state index contributed by atoms with van der Waals surface area (Å²) in [5, 5.41) is 0.771. The molecule has 1 aliphatic carbocycles. The van der Waals surface area contributed by atoms with Crippen LogP contribution in [0.1, 0.15) is 54.9 Å². The number of ketones is 1. The summed E-state index contributed by atoms with van der Waals surface area (Å²) < 4.78 is 0. The molecule has 3 atom stereocenters. The van der Waals surface area contributed by atoms with E-state index < -0.39 is 0 Å². The minimum absolute atomic E-state index is 0.111. The molecule has 0 N–H and O–H groups in total. The fraction of sp³-hybridized carbons (Fsp3) is 0.455. The molecule has 138 valence electrons. The SMILES string of the molecule is Cc1cccc(Cl)c1SCc1cccc(C(=O)C2CC(C)CCC2C)n1. The van der Waals surface area contributed by atoms with Gasteiger partial charge < -0.3 is 0 Å². The Morgan fingerprint density at radius 3 is 2.73 bits per heavy atom. The number of nitrogens with zero attached hydrogens (tertiary/aromatic N) is 1. The second-order valence-electron chi connectivity index (χ2n) is 7.55. The molecule has 1 fully saturated rings. The quantitative estimate of drug-likeness (QED) is 0.428. The lowest BCUT2D eigenvalue weighted by atomic mass is 9.73. The Labute approximate surface area is 165 Å². The zero-order valence-electron chi connectivity index (χ0n) is 15.7. The number of aryl methyl sites for hydroxylation is 1. The molecule has 0 aliphatic heterocycles. The Kier molecular flexibility index (Phi) is 6.42. The molecular weight excluding hydrogens is 362 g/mol. The molecule has 0 saturated heterocycles. The van der Waals surface area contributed by atoms with Crippen LogP contribution >= 0.6 is 23.4 Å². The van der Waals surface area contributed by atoms with E-state index >= 15 is 0 Å². The first-order chi connectivity index (χ1) is 12.5. The highest BCUT2D eigenvalue weighted by Gasteiger charge is 2.32. The van der Waals surface area contributed by atoms with Crippen molar-refractivity contribution in [1.29, 1.82) is 0 Å². The van der Waals surface area contributed by atoms with E-state index in [-0.39, 0.29) is 11.7 Å². The molecule has 0 radical (unpaired) electrons. The molecule has 0 bridgehead atoms. The van der Waals surface area contributed by atoms with Crippen LogP contribution in [0.15, 0.2) is 41.3 Å². The number of halogens is 1. The van der Waals surface area contributed by atoms with Crippen LogP contribution in [-0.4, -0.2) is 10.8 Å². The molecule has 1 aliphatic rings. The van der Waals surface area contributed by atoms with Crippen LogP contribution in [-0.2, 0) is 5.75 Å². The Morgan fingerprint density at radius 1 is 1.19 bits per heavy atom. The van der Waals surface area contributed by atoms with Gasteiger partial charge >= 0.3 is 0 Å². The molecule has 1 heterocycles. The maximum atomic E-state index is 13.0. The van der Waals surface area contributed by atoms with Crippen LogP contribution in [0.5, 0.6) is 0 Å². The van der Waals surface area contributed by atoms with E-state index in [4.69, 9.17) is 11.6 Å². The number of thioether (sulfide) groups is 1. The van der Waals surface area contributed by atoms with Gasteiger partial charge in [-0.15, -0.1) is 11.8 Å². The average molecular weight is 388 g/mol. The first-order valence-electron chi connectivity index (χ1n) is 9.33. The van der Waals surface area contributed by atoms with Gasteiger partial charge in [0.2, 0.25) is 0 Å². The Bertz CT molecular complexity index is 771. The predicted octanol–water partition coefficient (Wildman–Crippen LogP) is 6.59. The molecule has 26 heavy (non-hydrogen) atoms. The summed E-state index contributed by atoms with van der Waals surface area (Å²) >= 11 is 7.99. The van der Waals surface area contributed by atoms with E-state index in [1.165, 1.54) is 12.0 Å². The number of hydrogen-bond donors (Lipinski definition) is 0. The molecule has 0 amide bonds. The smallest absolute Gasteiger partial charge is 0.184 e. The number of Topliss-reactive ketones (excluding diaryl/α,β-unsaturated/α-hetero) is 1. The topological polar surface area (TPSA) is 30.0 Å². The Hall–Kier alpha value is -1.32. The van der Waals surface area contributed by atoms with Crippen molar-refractivity contribution in [2.24, 2.45) is 17.8 Å². The number of carbonyl (C=O) groups excluding carboxylic acids is 1. The van der Waals surface area contributed by atoms with Gasteiger partial charge in [0.05, 0.1) is 10.7 Å². The van der Waals surface area contributed by atoms with Gasteiger partial charge in [0, 0.05) is 16.6 Å². The van der Waals surface area contributed by atoms with Crippen LogP contribution < -0.4 is 0 Å². The molecule has 1 aromatic carbocycles. The predicted molar refractivity (Wildman–Crippen MR) is 110 cm³/mol. The summed E-state index contributed by atoms with van der Waals surface area (Å²) in [5.41, 5.74) is 2.71. The van der Waals surface area contributed by atoms with E-state index in [0.717, 1.165) is 28.5 Å². The highest BCUT2D eigenvalue weighted by molar-refractivity contribution is 7.98. The number of pyridine rings is 1. The molecule has 1 aromatic heterocycles. The lowest BCUT2D eigenvalue weighted by Crippen LogP contribution is -2.29. The van der Waals surface area contributed by atoms with Crippen molar-refractivity contribution in [1.82, 2.24) is 4.98 Å². The van der Waals surface area contributed by atoms with Crippen molar-refractivity contribution in [3.8, 4) is 0 Å². The van der Waals surface area contributed by atoms with Crippen LogP contribution in [0, 0.1) is 24.7 Å². The Morgan fingerprint density at radius 2 is 1.96 bits per heavy atom. The number of hydrogen-bond acceptors (Lipinski definition) is 3. The van der Waals surface area contributed by atoms with Crippen molar-refractivity contribution in [3.05, 3.63) is 58.4 Å². The molecule has 3 unspecified atom stereocenters. The first kappa shape index (κ1) is 19.4. The largest absolute Gasteiger partial charge is 0.292 e. The van der Waals surface area contributed by atoms with E-state index in [0.29, 0.717) is 23.3 Å². The monoisotopic (exact) mass is 387 g/mol. The minimum atomic E-state index is 0.111. The third-order valence-corrected chi connectivity index (χ3v) is 7.08. The molecule has 0 spiro atoms. The number of rotatable bonds is 5. The summed E-state index contributed by atoms with van der Waals surface area (Å²) in [5.74, 6) is 2.11. The maximum absolute atomic E-state index is 13.0. The van der Waals surface area contributed by atoms with Gasteiger partial charge in [-0.25, -0.2) is 4.98 Å². The van der Waals surface area contributed by atoms with Crippen molar-refractivity contribution < 1.29 is 4.79 Å². The van der Waals surface area contributed by atoms with E-state index in [1.54, 1.807) is 11.8 Å². The lowest BCUT2D eigenvalue weighted by molar-refractivity contribution is 0.0796. The van der Waals surface area contributed by atoms with E-state index in [1.807, 2.05) is 30.3 Å². The summed E-state index contributed by atoms with van der Waals surface area (Å²) in [6.07, 6.45) is 3.35. The zero-order chi connectivity index (χ0) is 18.7. The third-order valence-electron chi connectivity index (χ3n) is 5.38. The minimum Gasteiger partial charge on any atom is -0.292 e. The summed E-state index contributed by atoms with van der Waals surface area (Å²) in [6.45, 7) is 6.51. The van der Waals surface area contributed by atoms with E-state index in [9.17, 15) is 4.79 Å². The molecule has 3 rings (SSSR count). The standard InChI is InChI=1S/C22H26ClNOS/c1-14-10-11-15(2)18(12-14)21(25)20-9-5-7-17(24-20)13-26-22-16(3)6-4-8-19(22)23/h4-9,14-15,18H,10-13H2,1-3H3. The fourth-order valence-corrected chi connectivity index (χ4v) is 5.07. The average Bonchev–Trinajstić information content (AvgIpc) is 2.63. The van der Waals surface area contributed by atoms with Gasteiger partial charge in [0.25, 0.3) is 0 Å². The van der Waals surface area contributed by atoms with Gasteiger partial charge in [-0.05, 0) is 55.4 Å². The maximum Gasteiger partial charge on any atom is 0.184 e. The van der Waals surface area contributed by atoms with E-state index in [2.05, 4.69) is 31.8 Å². The zero-order valence-corrected chi connectivity index (χ0v) is 17.2. The second kappa shape index (κ2) is 8.58. The summed E-state index contributed by atoms with van der Waals surface area (Å²) in [7, 11) is 0. The van der Waals surface area contributed by atoms with Gasteiger partial charge in [-0.2, -0.15) is 0 Å². The van der Waals surface area contributed by atoms with Gasteiger partial charge in [0.15, 0.2) is 5.78 Å². The highest BCUT2D eigenvalue weighted by atomic mass is 35.5. The van der Waals surface area contributed by atoms with Crippen LogP contribution in [0.25, 0.3) is 0 Å². The van der Waals surface area contributed by atoms with Gasteiger partial charge in [0.1, 0.15) is 5.69 Å². The number of aromatic nitrogens is 1. The van der Waals surface area contributed by atoms with Crippen LogP contribution in [0.2, 0.25) is 5.02 Å². The molecule has 4 heteroatoms.